The van der Waals surface area contributed by atoms with Crippen molar-refractivity contribution in [3.8, 4) is 5.75 Å². The van der Waals surface area contributed by atoms with Crippen molar-refractivity contribution >= 4 is 23.0 Å². The van der Waals surface area contributed by atoms with Crippen molar-refractivity contribution < 1.29 is 19.1 Å². The van der Waals surface area contributed by atoms with E-state index in [1.807, 2.05) is 66.7 Å². The summed E-state index contributed by atoms with van der Waals surface area (Å²) in [6.45, 7) is 0.127. The molecule has 0 saturated heterocycles. The molecule has 3 N–H and O–H groups in total. The number of carbonyl (C=O) groups is 2. The van der Waals surface area contributed by atoms with E-state index in [4.69, 9.17) is 9.47 Å². The Morgan fingerprint density at radius 2 is 1.83 bits per heavy atom. The van der Waals surface area contributed by atoms with E-state index in [9.17, 15) is 9.59 Å². The largest absolute Gasteiger partial charge is 0.497 e. The van der Waals surface area contributed by atoms with E-state index in [1.165, 1.54) is 0 Å². The molecule has 0 radical (unpaired) electrons. The van der Waals surface area contributed by atoms with Crippen LogP contribution < -0.4 is 15.4 Å². The van der Waals surface area contributed by atoms with Crippen LogP contribution in [0.15, 0.2) is 90.4 Å². The average molecular weight is 483 g/mol. The summed E-state index contributed by atoms with van der Waals surface area (Å²) in [5.41, 5.74) is 4.24. The lowest BCUT2D eigenvalue weighted by Crippen LogP contribution is -2.46. The van der Waals surface area contributed by atoms with Crippen LogP contribution >= 0.6 is 0 Å². The number of ether oxygens (including phenoxy) is 2. The number of fused-ring (bicyclic) bond motifs is 1. The smallest absolute Gasteiger partial charge is 0.338 e. The van der Waals surface area contributed by atoms with Gasteiger partial charge in [0.25, 0.3) is 0 Å². The fourth-order valence-corrected chi connectivity index (χ4v) is 4.40. The number of nitrogens with zero attached hydrogens (tertiary/aromatic N) is 1. The van der Waals surface area contributed by atoms with Crippen LogP contribution in [0.1, 0.15) is 29.2 Å². The predicted octanol–water partition coefficient (Wildman–Crippen LogP) is 4.56. The maximum Gasteiger partial charge on any atom is 0.338 e. The van der Waals surface area contributed by atoms with Gasteiger partial charge in [-0.25, -0.2) is 14.6 Å². The summed E-state index contributed by atoms with van der Waals surface area (Å²) in [6.07, 6.45) is 4.50. The summed E-state index contributed by atoms with van der Waals surface area (Å²) in [4.78, 5) is 33.7. The molecule has 5 rings (SSSR count). The number of aromatic amines is 1. The van der Waals surface area contributed by atoms with Gasteiger partial charge in [-0.2, -0.15) is 0 Å². The molecule has 1 unspecified atom stereocenters. The second-order valence-electron chi connectivity index (χ2n) is 8.48. The highest BCUT2D eigenvalue weighted by atomic mass is 16.5. The number of benzene rings is 2. The number of hydrogen-bond donors (Lipinski definition) is 3. The topological polar surface area (TPSA) is 105 Å². The van der Waals surface area contributed by atoms with Gasteiger partial charge < -0.3 is 25.1 Å². The van der Waals surface area contributed by atoms with Gasteiger partial charge in [-0.1, -0.05) is 42.5 Å². The monoisotopic (exact) mass is 482 g/mol. The van der Waals surface area contributed by atoms with Gasteiger partial charge in [0.05, 0.1) is 18.7 Å². The number of pyridine rings is 1. The van der Waals surface area contributed by atoms with Gasteiger partial charge in [0.1, 0.15) is 18.0 Å². The lowest BCUT2D eigenvalue weighted by atomic mass is 9.93. The number of hydrogen-bond acceptors (Lipinski definition) is 5. The molecule has 4 aromatic rings. The van der Waals surface area contributed by atoms with Crippen molar-refractivity contribution in [2.24, 2.45) is 0 Å². The fraction of sp³-hybridized carbons (Fsp3) is 0.179. The summed E-state index contributed by atoms with van der Waals surface area (Å²) in [6, 6.07) is 19.9. The number of rotatable bonds is 8. The van der Waals surface area contributed by atoms with Crippen molar-refractivity contribution in [3.63, 3.8) is 0 Å². The fourth-order valence-electron chi connectivity index (χ4n) is 4.40. The standard InChI is InChI=1S/C28H26N4O4/c1-35-20-10-5-9-18(15-20)12-13-23-24(27(33)36-17-19-7-3-2-4-8-19)25(32-28(34)31-23)22-16-30-26-21(22)11-6-14-29-26/h2-11,14-16,25H,12-13,17H2,1H3,(H,29,30)(H2,31,32,34). The Kier molecular flexibility index (Phi) is 6.66. The summed E-state index contributed by atoms with van der Waals surface area (Å²) >= 11 is 0. The molecular formula is C28H26N4O4. The minimum absolute atomic E-state index is 0.127. The van der Waals surface area contributed by atoms with Crippen LogP contribution in [0.3, 0.4) is 0 Å². The molecule has 0 bridgehead atoms. The summed E-state index contributed by atoms with van der Waals surface area (Å²) in [5, 5.41) is 6.59. The first-order valence-corrected chi connectivity index (χ1v) is 11.7. The second kappa shape index (κ2) is 10.4. The summed E-state index contributed by atoms with van der Waals surface area (Å²) < 4.78 is 11.1. The van der Waals surface area contributed by atoms with E-state index in [0.29, 0.717) is 29.8 Å². The zero-order valence-corrected chi connectivity index (χ0v) is 19.8. The quantitative estimate of drug-likeness (QED) is 0.320. The van der Waals surface area contributed by atoms with Gasteiger partial charge in [-0.05, 0) is 48.2 Å². The Labute approximate surface area is 208 Å². The third-order valence-corrected chi connectivity index (χ3v) is 6.18. The number of allylic oxidation sites excluding steroid dienone is 1. The molecule has 2 aromatic carbocycles. The number of nitrogens with one attached hydrogen (secondary N) is 3. The highest BCUT2D eigenvalue weighted by Crippen LogP contribution is 2.33. The van der Waals surface area contributed by atoms with Gasteiger partial charge in [-0.3, -0.25) is 0 Å². The Morgan fingerprint density at radius 3 is 2.67 bits per heavy atom. The molecule has 0 spiro atoms. The van der Waals surface area contributed by atoms with Gasteiger partial charge in [0.15, 0.2) is 0 Å². The van der Waals surface area contributed by atoms with E-state index in [2.05, 4.69) is 20.6 Å². The average Bonchev–Trinajstić information content (AvgIpc) is 3.35. The van der Waals surface area contributed by atoms with Crippen LogP contribution in [0.5, 0.6) is 5.75 Å². The van der Waals surface area contributed by atoms with Gasteiger partial charge in [0, 0.05) is 29.0 Å². The number of esters is 1. The number of carbonyl (C=O) groups excluding carboxylic acids is 2. The molecule has 1 aliphatic heterocycles. The highest BCUT2D eigenvalue weighted by Gasteiger charge is 2.35. The van der Waals surface area contributed by atoms with Crippen molar-refractivity contribution in [3.05, 3.63) is 107 Å². The Hall–Kier alpha value is -4.59. The first-order valence-electron chi connectivity index (χ1n) is 11.7. The van der Waals surface area contributed by atoms with E-state index in [1.54, 1.807) is 19.5 Å². The predicted molar refractivity (Wildman–Crippen MR) is 135 cm³/mol. The Balaban J connectivity index is 1.50. The molecule has 0 aliphatic carbocycles. The van der Waals surface area contributed by atoms with E-state index < -0.39 is 12.0 Å². The number of urea groups is 1. The number of methoxy groups -OCH3 is 1. The number of aromatic nitrogens is 2. The summed E-state index contributed by atoms with van der Waals surface area (Å²) in [5.74, 6) is 0.262. The molecule has 182 valence electrons. The van der Waals surface area contributed by atoms with E-state index in [-0.39, 0.29) is 12.6 Å². The Morgan fingerprint density at radius 1 is 1.00 bits per heavy atom. The molecule has 1 aliphatic rings. The van der Waals surface area contributed by atoms with Crippen LogP contribution in [-0.2, 0) is 22.6 Å². The maximum atomic E-state index is 13.5. The zero-order chi connectivity index (χ0) is 24.9. The Bertz CT molecular complexity index is 1430. The molecule has 2 amide bonds. The molecule has 1 atom stereocenters. The maximum absolute atomic E-state index is 13.5. The molecule has 8 nitrogen and oxygen atoms in total. The normalized spacial score (nSPS) is 15.4. The minimum atomic E-state index is -0.694. The minimum Gasteiger partial charge on any atom is -0.497 e. The van der Waals surface area contributed by atoms with Crippen LogP contribution in [0.25, 0.3) is 11.0 Å². The lowest BCUT2D eigenvalue weighted by Gasteiger charge is -2.29. The van der Waals surface area contributed by atoms with Gasteiger partial charge >= 0.3 is 12.0 Å². The molecule has 3 heterocycles. The van der Waals surface area contributed by atoms with Crippen molar-refractivity contribution in [2.75, 3.05) is 7.11 Å². The number of amides is 2. The van der Waals surface area contributed by atoms with Gasteiger partial charge in [0.2, 0.25) is 0 Å². The highest BCUT2D eigenvalue weighted by molar-refractivity contribution is 5.96. The first kappa shape index (κ1) is 23.2. The second-order valence-corrected chi connectivity index (χ2v) is 8.48. The van der Waals surface area contributed by atoms with Crippen molar-refractivity contribution in [2.45, 2.75) is 25.5 Å². The molecular weight excluding hydrogens is 456 g/mol. The third kappa shape index (κ3) is 4.93. The number of aryl methyl sites for hydroxylation is 1. The van der Waals surface area contributed by atoms with Crippen molar-refractivity contribution in [1.82, 2.24) is 20.6 Å². The first-order chi connectivity index (χ1) is 17.6. The molecule has 36 heavy (non-hydrogen) atoms. The van der Waals surface area contributed by atoms with Crippen molar-refractivity contribution in [1.29, 1.82) is 0 Å². The molecule has 0 saturated carbocycles. The molecule has 8 heteroatoms. The van der Waals surface area contributed by atoms with E-state index in [0.717, 1.165) is 27.8 Å². The van der Waals surface area contributed by atoms with Crippen LogP contribution in [0.4, 0.5) is 4.79 Å². The lowest BCUT2D eigenvalue weighted by molar-refractivity contribution is -0.140. The van der Waals surface area contributed by atoms with Crippen LogP contribution in [0, 0.1) is 0 Å². The summed E-state index contributed by atoms with van der Waals surface area (Å²) in [7, 11) is 1.62. The van der Waals surface area contributed by atoms with Crippen LogP contribution in [0.2, 0.25) is 0 Å². The van der Waals surface area contributed by atoms with Crippen LogP contribution in [-0.4, -0.2) is 29.1 Å². The van der Waals surface area contributed by atoms with Gasteiger partial charge in [-0.15, -0.1) is 0 Å². The third-order valence-electron chi connectivity index (χ3n) is 6.18. The number of H-pyrrole nitrogens is 1. The molecule has 2 aromatic heterocycles. The SMILES string of the molecule is COc1cccc(CCC2=C(C(=O)OCc3ccccc3)C(c3c[nH]c4ncccc34)NC(=O)N2)c1. The molecule has 0 fully saturated rings. The zero-order valence-electron chi connectivity index (χ0n) is 19.8. The van der Waals surface area contributed by atoms with E-state index >= 15 is 0 Å².